The number of rotatable bonds is 2. The maximum Gasteiger partial charge on any atom is 0.267 e. The van der Waals surface area contributed by atoms with Crippen LogP contribution in [0, 0.1) is 5.82 Å². The monoisotopic (exact) mass is 197 g/mol. The summed E-state index contributed by atoms with van der Waals surface area (Å²) in [4.78, 5) is 11.4. The van der Waals surface area contributed by atoms with Crippen LogP contribution >= 0.6 is 0 Å². The zero-order chi connectivity index (χ0) is 10.7. The number of carbonyl (C=O) groups excluding carboxylic acids is 1. The Balaban J connectivity index is 2.96. The molecular weight excluding hydrogens is 185 g/mol. The summed E-state index contributed by atoms with van der Waals surface area (Å²) in [6.45, 7) is 0. The van der Waals surface area contributed by atoms with Crippen molar-refractivity contribution in [2.24, 2.45) is 0 Å². The SMILES string of the molecule is CN(C)NC(=O)c1cccc(F)c1N. The quantitative estimate of drug-likeness (QED) is 0.539. The van der Waals surface area contributed by atoms with E-state index in [1.165, 1.54) is 23.2 Å². The first-order chi connectivity index (χ1) is 6.52. The Hall–Kier alpha value is -1.62. The van der Waals surface area contributed by atoms with E-state index in [2.05, 4.69) is 5.43 Å². The predicted octanol–water partition coefficient (Wildman–Crippen LogP) is 0.614. The zero-order valence-corrected chi connectivity index (χ0v) is 8.04. The Morgan fingerprint density at radius 2 is 2.14 bits per heavy atom. The standard InChI is InChI=1S/C9H12FN3O/c1-13(2)12-9(14)6-4-3-5-7(10)8(6)11/h3-5H,11H2,1-2H3,(H,12,14). The molecule has 0 aromatic heterocycles. The summed E-state index contributed by atoms with van der Waals surface area (Å²) in [5.41, 5.74) is 7.88. The van der Waals surface area contributed by atoms with Gasteiger partial charge in [0.05, 0.1) is 11.3 Å². The lowest BCUT2D eigenvalue weighted by atomic mass is 10.1. The lowest BCUT2D eigenvalue weighted by Crippen LogP contribution is -2.36. The van der Waals surface area contributed by atoms with Crippen LogP contribution in [-0.2, 0) is 0 Å². The van der Waals surface area contributed by atoms with E-state index in [-0.39, 0.29) is 11.3 Å². The molecule has 0 fully saturated rings. The first-order valence-corrected chi connectivity index (χ1v) is 4.04. The second-order valence-electron chi connectivity index (χ2n) is 3.04. The molecule has 1 aromatic carbocycles. The number of nitrogens with one attached hydrogen (secondary N) is 1. The van der Waals surface area contributed by atoms with Gasteiger partial charge in [-0.3, -0.25) is 10.2 Å². The molecule has 76 valence electrons. The minimum Gasteiger partial charge on any atom is -0.396 e. The third kappa shape index (κ3) is 2.20. The van der Waals surface area contributed by atoms with Gasteiger partial charge in [0.1, 0.15) is 5.82 Å². The third-order valence-corrected chi connectivity index (χ3v) is 1.62. The van der Waals surface area contributed by atoms with E-state index in [0.717, 1.165) is 0 Å². The van der Waals surface area contributed by atoms with Crippen molar-refractivity contribution in [3.63, 3.8) is 0 Å². The molecule has 14 heavy (non-hydrogen) atoms. The van der Waals surface area contributed by atoms with Gasteiger partial charge >= 0.3 is 0 Å². The fraction of sp³-hybridized carbons (Fsp3) is 0.222. The van der Waals surface area contributed by atoms with Gasteiger partial charge in [-0.05, 0) is 12.1 Å². The molecule has 3 N–H and O–H groups in total. The third-order valence-electron chi connectivity index (χ3n) is 1.62. The highest BCUT2D eigenvalue weighted by atomic mass is 19.1. The Morgan fingerprint density at radius 1 is 1.50 bits per heavy atom. The average molecular weight is 197 g/mol. The number of nitrogens with zero attached hydrogens (tertiary/aromatic N) is 1. The molecule has 0 aliphatic carbocycles. The predicted molar refractivity (Wildman–Crippen MR) is 52.0 cm³/mol. The highest BCUT2D eigenvalue weighted by Crippen LogP contribution is 2.15. The maximum atomic E-state index is 13.0. The van der Waals surface area contributed by atoms with Gasteiger partial charge < -0.3 is 5.73 Å². The first-order valence-electron chi connectivity index (χ1n) is 4.04. The summed E-state index contributed by atoms with van der Waals surface area (Å²) in [7, 11) is 3.32. The Labute approximate surface area is 81.5 Å². The van der Waals surface area contributed by atoms with Gasteiger partial charge in [0.2, 0.25) is 0 Å². The summed E-state index contributed by atoms with van der Waals surface area (Å²) in [5.74, 6) is -1.01. The van der Waals surface area contributed by atoms with Crippen LogP contribution in [0.5, 0.6) is 0 Å². The van der Waals surface area contributed by atoms with Gasteiger partial charge in [-0.1, -0.05) is 6.07 Å². The normalized spacial score (nSPS) is 10.3. The molecule has 0 heterocycles. The van der Waals surface area contributed by atoms with Gasteiger partial charge in [-0.15, -0.1) is 0 Å². The smallest absolute Gasteiger partial charge is 0.267 e. The number of hydrogen-bond donors (Lipinski definition) is 2. The van der Waals surface area contributed by atoms with Crippen LogP contribution in [0.25, 0.3) is 0 Å². The van der Waals surface area contributed by atoms with E-state index in [4.69, 9.17) is 5.73 Å². The van der Waals surface area contributed by atoms with Crippen molar-refractivity contribution in [1.29, 1.82) is 0 Å². The van der Waals surface area contributed by atoms with E-state index >= 15 is 0 Å². The molecule has 0 aliphatic heterocycles. The highest BCUT2D eigenvalue weighted by molar-refractivity contribution is 5.98. The summed E-state index contributed by atoms with van der Waals surface area (Å²) in [6.07, 6.45) is 0. The van der Waals surface area contributed by atoms with Gasteiger partial charge in [0, 0.05) is 14.1 Å². The molecule has 0 radical (unpaired) electrons. The van der Waals surface area contributed by atoms with Gasteiger partial charge in [0.15, 0.2) is 0 Å². The molecule has 0 atom stereocenters. The molecule has 5 heteroatoms. The number of hydrazine groups is 1. The van der Waals surface area contributed by atoms with E-state index in [0.29, 0.717) is 0 Å². The molecule has 1 aromatic rings. The van der Waals surface area contributed by atoms with Crippen molar-refractivity contribution in [2.75, 3.05) is 19.8 Å². The number of para-hydroxylation sites is 1. The summed E-state index contributed by atoms with van der Waals surface area (Å²) < 4.78 is 13.0. The fourth-order valence-electron chi connectivity index (χ4n) is 0.998. The molecule has 1 rings (SSSR count). The maximum absolute atomic E-state index is 13.0. The molecule has 0 unspecified atom stereocenters. The number of amides is 1. The molecule has 0 aliphatic rings. The Morgan fingerprint density at radius 3 is 2.71 bits per heavy atom. The second-order valence-corrected chi connectivity index (χ2v) is 3.04. The number of carbonyl (C=O) groups is 1. The Kier molecular flexibility index (Phi) is 3.03. The molecule has 0 bridgehead atoms. The van der Waals surface area contributed by atoms with Crippen LogP contribution in [-0.4, -0.2) is 25.0 Å². The molecule has 1 amide bonds. The minimum atomic E-state index is -0.587. The number of anilines is 1. The summed E-state index contributed by atoms with van der Waals surface area (Å²) in [5, 5.41) is 1.46. The average Bonchev–Trinajstić information content (AvgIpc) is 2.08. The molecular formula is C9H12FN3O. The van der Waals surface area contributed by atoms with Crippen LogP contribution in [0.1, 0.15) is 10.4 Å². The highest BCUT2D eigenvalue weighted by Gasteiger charge is 2.12. The van der Waals surface area contributed by atoms with Crippen molar-refractivity contribution < 1.29 is 9.18 Å². The van der Waals surface area contributed by atoms with Crippen LogP contribution in [0.2, 0.25) is 0 Å². The lowest BCUT2D eigenvalue weighted by Gasteiger charge is -2.12. The topological polar surface area (TPSA) is 58.4 Å². The number of benzene rings is 1. The van der Waals surface area contributed by atoms with E-state index in [9.17, 15) is 9.18 Å². The number of hydrogen-bond acceptors (Lipinski definition) is 3. The van der Waals surface area contributed by atoms with Gasteiger partial charge in [0.25, 0.3) is 5.91 Å². The molecule has 0 saturated heterocycles. The lowest BCUT2D eigenvalue weighted by molar-refractivity contribution is 0.0857. The first kappa shape index (κ1) is 10.5. The minimum absolute atomic E-state index is 0.133. The number of halogens is 1. The molecule has 0 saturated carbocycles. The van der Waals surface area contributed by atoms with Crippen molar-refractivity contribution in [3.8, 4) is 0 Å². The van der Waals surface area contributed by atoms with Crippen molar-refractivity contribution in [3.05, 3.63) is 29.6 Å². The number of nitrogens with two attached hydrogens (primary N) is 1. The zero-order valence-electron chi connectivity index (χ0n) is 8.04. The van der Waals surface area contributed by atoms with Crippen molar-refractivity contribution >= 4 is 11.6 Å². The summed E-state index contributed by atoms with van der Waals surface area (Å²) >= 11 is 0. The molecule has 4 nitrogen and oxygen atoms in total. The van der Waals surface area contributed by atoms with E-state index in [1.54, 1.807) is 14.1 Å². The van der Waals surface area contributed by atoms with Gasteiger partial charge in [-0.25, -0.2) is 9.40 Å². The van der Waals surface area contributed by atoms with E-state index in [1.807, 2.05) is 0 Å². The van der Waals surface area contributed by atoms with Crippen LogP contribution in [0.15, 0.2) is 18.2 Å². The summed E-state index contributed by atoms with van der Waals surface area (Å²) in [6, 6.07) is 4.12. The largest absolute Gasteiger partial charge is 0.396 e. The number of nitrogen functional groups attached to an aromatic ring is 1. The van der Waals surface area contributed by atoms with E-state index < -0.39 is 11.7 Å². The fourth-order valence-corrected chi connectivity index (χ4v) is 0.998. The Bertz CT molecular complexity index is 352. The molecule has 0 spiro atoms. The van der Waals surface area contributed by atoms with Crippen molar-refractivity contribution in [2.45, 2.75) is 0 Å². The van der Waals surface area contributed by atoms with Crippen LogP contribution in [0.4, 0.5) is 10.1 Å². The van der Waals surface area contributed by atoms with Gasteiger partial charge in [-0.2, -0.15) is 0 Å². The van der Waals surface area contributed by atoms with Crippen molar-refractivity contribution in [1.82, 2.24) is 10.4 Å². The van der Waals surface area contributed by atoms with Crippen LogP contribution < -0.4 is 11.2 Å². The second kappa shape index (κ2) is 4.06. The van der Waals surface area contributed by atoms with Crippen LogP contribution in [0.3, 0.4) is 0 Å².